The van der Waals surface area contributed by atoms with Crippen LogP contribution in [0, 0.1) is 0 Å². The number of benzene rings is 1. The Labute approximate surface area is 126 Å². The van der Waals surface area contributed by atoms with Gasteiger partial charge in [-0.1, -0.05) is 11.6 Å². The van der Waals surface area contributed by atoms with E-state index in [9.17, 15) is 4.79 Å². The average molecular weight is 310 g/mol. The molecule has 0 aliphatic rings. The van der Waals surface area contributed by atoms with Gasteiger partial charge in [0.05, 0.1) is 0 Å². The number of aliphatic hydroxyl groups excluding tert-OH is 1. The van der Waals surface area contributed by atoms with Crippen molar-refractivity contribution in [2.75, 3.05) is 6.61 Å². The van der Waals surface area contributed by atoms with Gasteiger partial charge in [-0.15, -0.1) is 10.2 Å². The van der Waals surface area contributed by atoms with Crippen LogP contribution < -0.4 is 5.32 Å². The van der Waals surface area contributed by atoms with Crippen molar-refractivity contribution in [3.63, 3.8) is 0 Å². The molecule has 0 bridgehead atoms. The monoisotopic (exact) mass is 309 g/mol. The van der Waals surface area contributed by atoms with Crippen molar-refractivity contribution in [1.82, 2.24) is 25.5 Å². The molecule has 0 saturated heterocycles. The molecule has 21 heavy (non-hydrogen) atoms. The second-order valence-electron chi connectivity index (χ2n) is 4.63. The van der Waals surface area contributed by atoms with Crippen molar-refractivity contribution in [3.05, 3.63) is 29.3 Å². The number of rotatable bonds is 6. The summed E-state index contributed by atoms with van der Waals surface area (Å²) in [7, 11) is 0. The van der Waals surface area contributed by atoms with E-state index >= 15 is 0 Å². The second kappa shape index (κ2) is 7.14. The van der Waals surface area contributed by atoms with Crippen LogP contribution in [0.25, 0.3) is 11.4 Å². The van der Waals surface area contributed by atoms with Gasteiger partial charge in [0.25, 0.3) is 0 Å². The van der Waals surface area contributed by atoms with Gasteiger partial charge >= 0.3 is 0 Å². The van der Waals surface area contributed by atoms with Crippen LogP contribution in [0.4, 0.5) is 0 Å². The predicted octanol–water partition coefficient (Wildman–Crippen LogP) is 0.881. The van der Waals surface area contributed by atoms with Crippen molar-refractivity contribution >= 4 is 17.5 Å². The number of hydrogen-bond donors (Lipinski definition) is 2. The van der Waals surface area contributed by atoms with E-state index in [1.54, 1.807) is 24.3 Å². The van der Waals surface area contributed by atoms with Gasteiger partial charge in [0, 0.05) is 23.2 Å². The molecular formula is C13H16ClN5O2. The fourth-order valence-corrected chi connectivity index (χ4v) is 1.87. The summed E-state index contributed by atoms with van der Waals surface area (Å²) in [5.41, 5.74) is 0.778. The zero-order valence-electron chi connectivity index (χ0n) is 11.5. The van der Waals surface area contributed by atoms with Crippen molar-refractivity contribution in [3.8, 4) is 11.4 Å². The summed E-state index contributed by atoms with van der Waals surface area (Å²) in [4.78, 5) is 13.0. The highest BCUT2D eigenvalue weighted by atomic mass is 35.5. The summed E-state index contributed by atoms with van der Waals surface area (Å²) in [6, 6.07) is 6.95. The van der Waals surface area contributed by atoms with E-state index in [1.165, 1.54) is 4.80 Å². The first-order chi connectivity index (χ1) is 10.1. The summed E-state index contributed by atoms with van der Waals surface area (Å²) in [6.45, 7) is 1.84. The predicted molar refractivity (Wildman–Crippen MR) is 77.6 cm³/mol. The van der Waals surface area contributed by atoms with Crippen LogP contribution >= 0.6 is 11.6 Å². The Morgan fingerprint density at radius 3 is 2.81 bits per heavy atom. The first-order valence-electron chi connectivity index (χ1n) is 6.52. The Hall–Kier alpha value is -1.99. The van der Waals surface area contributed by atoms with E-state index in [2.05, 4.69) is 20.7 Å². The molecule has 1 aromatic carbocycles. The van der Waals surface area contributed by atoms with Gasteiger partial charge in [-0.2, -0.15) is 4.80 Å². The molecule has 1 amide bonds. The van der Waals surface area contributed by atoms with Gasteiger partial charge in [-0.05, 0) is 42.8 Å². The number of halogens is 1. The van der Waals surface area contributed by atoms with Gasteiger partial charge in [0.15, 0.2) is 0 Å². The molecule has 1 atom stereocenters. The van der Waals surface area contributed by atoms with Crippen molar-refractivity contribution in [2.45, 2.75) is 25.9 Å². The number of nitrogens with one attached hydrogen (secondary N) is 1. The highest BCUT2D eigenvalue weighted by Crippen LogP contribution is 2.16. The minimum atomic E-state index is -0.226. The normalized spacial score (nSPS) is 12.1. The summed E-state index contributed by atoms with van der Waals surface area (Å²) in [5, 5.41) is 24.0. The lowest BCUT2D eigenvalue weighted by atomic mass is 10.2. The molecule has 2 N–H and O–H groups in total. The third-order valence-corrected chi connectivity index (χ3v) is 3.06. The molecule has 0 fully saturated rings. The van der Waals surface area contributed by atoms with E-state index in [1.807, 2.05) is 6.92 Å². The average Bonchev–Trinajstić information content (AvgIpc) is 2.88. The zero-order valence-corrected chi connectivity index (χ0v) is 12.3. The number of carbonyl (C=O) groups excluding carboxylic acids is 1. The van der Waals surface area contributed by atoms with E-state index in [0.29, 0.717) is 17.3 Å². The van der Waals surface area contributed by atoms with E-state index in [-0.39, 0.29) is 25.1 Å². The maximum atomic E-state index is 11.7. The summed E-state index contributed by atoms with van der Waals surface area (Å²) >= 11 is 5.81. The smallest absolute Gasteiger partial charge is 0.243 e. The zero-order chi connectivity index (χ0) is 15.2. The standard InChI is InChI=1S/C13H16ClN5O2/c1-9(6-7-20)15-12(21)8-19-17-13(16-18-19)10-2-4-11(14)5-3-10/h2-5,9,20H,6-8H2,1H3,(H,15,21). The fraction of sp³-hybridized carbons (Fsp3) is 0.385. The Bertz CT molecular complexity index is 599. The van der Waals surface area contributed by atoms with E-state index < -0.39 is 0 Å². The van der Waals surface area contributed by atoms with Crippen molar-refractivity contribution in [2.24, 2.45) is 0 Å². The van der Waals surface area contributed by atoms with Crippen molar-refractivity contribution in [1.29, 1.82) is 0 Å². The molecule has 1 heterocycles. The minimum Gasteiger partial charge on any atom is -0.396 e. The lowest BCUT2D eigenvalue weighted by Gasteiger charge is -2.11. The molecule has 0 saturated carbocycles. The minimum absolute atomic E-state index is 0.0175. The number of hydrogen-bond acceptors (Lipinski definition) is 5. The summed E-state index contributed by atoms with van der Waals surface area (Å²) in [5.74, 6) is 0.207. The Kier molecular flexibility index (Phi) is 5.24. The van der Waals surface area contributed by atoms with Gasteiger partial charge in [-0.25, -0.2) is 0 Å². The molecule has 1 unspecified atom stereocenters. The van der Waals surface area contributed by atoms with Crippen LogP contribution in [0.15, 0.2) is 24.3 Å². The molecule has 7 nitrogen and oxygen atoms in total. The third-order valence-electron chi connectivity index (χ3n) is 2.81. The Balaban J connectivity index is 1.97. The Morgan fingerprint density at radius 1 is 1.43 bits per heavy atom. The fourth-order valence-electron chi connectivity index (χ4n) is 1.74. The third kappa shape index (κ3) is 4.51. The Morgan fingerprint density at radius 2 is 2.14 bits per heavy atom. The molecule has 0 radical (unpaired) electrons. The summed E-state index contributed by atoms with van der Waals surface area (Å²) < 4.78 is 0. The molecule has 0 spiro atoms. The van der Waals surface area contributed by atoms with Gasteiger partial charge in [-0.3, -0.25) is 4.79 Å². The number of tetrazole rings is 1. The SMILES string of the molecule is CC(CCO)NC(=O)Cn1nnc(-c2ccc(Cl)cc2)n1. The largest absolute Gasteiger partial charge is 0.396 e. The number of aliphatic hydroxyl groups is 1. The van der Waals surface area contributed by atoms with E-state index in [4.69, 9.17) is 16.7 Å². The maximum Gasteiger partial charge on any atom is 0.243 e. The highest BCUT2D eigenvalue weighted by Gasteiger charge is 2.11. The molecular weight excluding hydrogens is 294 g/mol. The quantitative estimate of drug-likeness (QED) is 0.826. The van der Waals surface area contributed by atoms with Crippen LogP contribution in [0.3, 0.4) is 0 Å². The van der Waals surface area contributed by atoms with Crippen LogP contribution in [0.2, 0.25) is 5.02 Å². The number of carbonyl (C=O) groups is 1. The van der Waals surface area contributed by atoms with Gasteiger partial charge in [0.2, 0.25) is 11.7 Å². The maximum absolute atomic E-state index is 11.7. The van der Waals surface area contributed by atoms with Crippen LogP contribution in [0.5, 0.6) is 0 Å². The number of aromatic nitrogens is 4. The molecule has 2 aromatic rings. The lowest BCUT2D eigenvalue weighted by molar-refractivity contribution is -0.122. The highest BCUT2D eigenvalue weighted by molar-refractivity contribution is 6.30. The van der Waals surface area contributed by atoms with Crippen LogP contribution in [-0.2, 0) is 11.3 Å². The van der Waals surface area contributed by atoms with Crippen LogP contribution in [0.1, 0.15) is 13.3 Å². The second-order valence-corrected chi connectivity index (χ2v) is 5.07. The molecule has 0 aliphatic carbocycles. The first-order valence-corrected chi connectivity index (χ1v) is 6.90. The first kappa shape index (κ1) is 15.4. The molecule has 2 rings (SSSR count). The number of nitrogens with zero attached hydrogens (tertiary/aromatic N) is 4. The molecule has 1 aromatic heterocycles. The molecule has 112 valence electrons. The lowest BCUT2D eigenvalue weighted by Crippen LogP contribution is -2.36. The van der Waals surface area contributed by atoms with Crippen LogP contribution in [-0.4, -0.2) is 43.9 Å². The molecule has 8 heteroatoms. The van der Waals surface area contributed by atoms with Crippen molar-refractivity contribution < 1.29 is 9.90 Å². The topological polar surface area (TPSA) is 92.9 Å². The van der Waals surface area contributed by atoms with E-state index in [0.717, 1.165) is 5.56 Å². The summed E-state index contributed by atoms with van der Waals surface area (Å²) in [6.07, 6.45) is 0.506. The van der Waals surface area contributed by atoms with Gasteiger partial charge < -0.3 is 10.4 Å². The number of amides is 1. The molecule has 0 aliphatic heterocycles. The van der Waals surface area contributed by atoms with Gasteiger partial charge in [0.1, 0.15) is 6.54 Å².